The maximum atomic E-state index is 12.7. The van der Waals surface area contributed by atoms with Crippen LogP contribution in [0.4, 0.5) is 11.4 Å². The number of rotatable bonds is 5. The molecule has 1 N–H and O–H groups in total. The highest BCUT2D eigenvalue weighted by Crippen LogP contribution is 2.31. The van der Waals surface area contributed by atoms with Crippen molar-refractivity contribution in [1.29, 1.82) is 0 Å². The van der Waals surface area contributed by atoms with E-state index in [0.717, 1.165) is 9.37 Å². The number of nitro benzene ring substituents is 1. The van der Waals surface area contributed by atoms with Gasteiger partial charge in [-0.05, 0) is 42.8 Å². The number of carbonyl (C=O) groups excluding carboxylic acids is 2. The fourth-order valence-corrected chi connectivity index (χ4v) is 3.11. The Morgan fingerprint density at radius 3 is 2.38 bits per heavy atom. The van der Waals surface area contributed by atoms with Gasteiger partial charge in [0.05, 0.1) is 10.5 Å². The van der Waals surface area contributed by atoms with E-state index in [9.17, 15) is 19.7 Å². The molecule has 0 bridgehead atoms. The molecule has 0 unspecified atom stereocenters. The van der Waals surface area contributed by atoms with Gasteiger partial charge in [0.25, 0.3) is 17.5 Å². The van der Waals surface area contributed by atoms with Crippen LogP contribution in [0.2, 0.25) is 0 Å². The number of nitro groups is 1. The SMILES string of the molecule is CCN1C(=O)C(Nc2cccc(Br)c2)=C(c2ccc([N+](=O)[O-])cc2)C1=O. The predicted octanol–water partition coefficient (Wildman–Crippen LogP) is 3.57. The van der Waals surface area contributed by atoms with Crippen LogP contribution in [-0.2, 0) is 9.59 Å². The number of non-ortho nitro benzene ring substituents is 1. The number of hydrogen-bond donors (Lipinski definition) is 1. The molecule has 2 amide bonds. The van der Waals surface area contributed by atoms with Crippen molar-refractivity contribution >= 4 is 44.7 Å². The monoisotopic (exact) mass is 415 g/mol. The minimum Gasteiger partial charge on any atom is -0.350 e. The number of likely N-dealkylation sites (N-methyl/N-ethyl adjacent to an activating group) is 1. The number of imide groups is 1. The summed E-state index contributed by atoms with van der Waals surface area (Å²) in [4.78, 5) is 36.8. The summed E-state index contributed by atoms with van der Waals surface area (Å²) in [5.74, 6) is -0.852. The van der Waals surface area contributed by atoms with Gasteiger partial charge < -0.3 is 5.32 Å². The van der Waals surface area contributed by atoms with Crippen LogP contribution in [0.3, 0.4) is 0 Å². The van der Waals surface area contributed by atoms with Gasteiger partial charge in [0.15, 0.2) is 0 Å². The quantitative estimate of drug-likeness (QED) is 0.457. The molecule has 0 fully saturated rings. The molecule has 7 nitrogen and oxygen atoms in total. The van der Waals surface area contributed by atoms with Gasteiger partial charge in [-0.1, -0.05) is 22.0 Å². The Morgan fingerprint density at radius 1 is 1.12 bits per heavy atom. The Bertz CT molecular complexity index is 938. The number of hydrogen-bond acceptors (Lipinski definition) is 5. The van der Waals surface area contributed by atoms with Crippen molar-refractivity contribution in [2.45, 2.75) is 6.92 Å². The molecule has 1 heterocycles. The Morgan fingerprint density at radius 2 is 1.81 bits per heavy atom. The average Bonchev–Trinajstić information content (AvgIpc) is 2.85. The van der Waals surface area contributed by atoms with Gasteiger partial charge in [0.1, 0.15) is 5.70 Å². The molecular weight excluding hydrogens is 402 g/mol. The van der Waals surface area contributed by atoms with E-state index >= 15 is 0 Å². The third kappa shape index (κ3) is 3.23. The van der Waals surface area contributed by atoms with Gasteiger partial charge in [0.2, 0.25) is 0 Å². The van der Waals surface area contributed by atoms with E-state index in [4.69, 9.17) is 0 Å². The van der Waals surface area contributed by atoms with Crippen LogP contribution in [0.1, 0.15) is 12.5 Å². The average molecular weight is 416 g/mol. The molecule has 1 aliphatic rings. The number of amides is 2. The Kier molecular flexibility index (Phi) is 4.85. The first kappa shape index (κ1) is 17.8. The van der Waals surface area contributed by atoms with Crippen molar-refractivity contribution < 1.29 is 14.5 Å². The molecule has 1 aliphatic heterocycles. The van der Waals surface area contributed by atoms with Gasteiger partial charge >= 0.3 is 0 Å². The van der Waals surface area contributed by atoms with Crippen molar-refractivity contribution in [2.75, 3.05) is 11.9 Å². The molecule has 2 aromatic rings. The summed E-state index contributed by atoms with van der Waals surface area (Å²) in [5, 5.41) is 13.8. The Hall–Kier alpha value is -3.00. The first-order valence-corrected chi connectivity index (χ1v) is 8.59. The van der Waals surface area contributed by atoms with Gasteiger partial charge in [-0.25, -0.2) is 0 Å². The molecule has 26 heavy (non-hydrogen) atoms. The molecule has 0 aliphatic carbocycles. The number of anilines is 1. The van der Waals surface area contributed by atoms with Gasteiger partial charge in [-0.2, -0.15) is 0 Å². The Balaban J connectivity index is 2.08. The lowest BCUT2D eigenvalue weighted by Gasteiger charge is -2.12. The highest BCUT2D eigenvalue weighted by atomic mass is 79.9. The maximum Gasteiger partial charge on any atom is 0.278 e. The summed E-state index contributed by atoms with van der Waals surface area (Å²) < 4.78 is 0.823. The molecule has 8 heteroatoms. The second kappa shape index (κ2) is 7.09. The minimum absolute atomic E-state index is 0.0834. The zero-order valence-electron chi connectivity index (χ0n) is 13.7. The lowest BCUT2D eigenvalue weighted by Crippen LogP contribution is -2.32. The summed E-state index contributed by atoms with van der Waals surface area (Å²) in [5.41, 5.74) is 1.37. The van der Waals surface area contributed by atoms with E-state index in [0.29, 0.717) is 11.3 Å². The van der Waals surface area contributed by atoms with E-state index < -0.39 is 16.7 Å². The van der Waals surface area contributed by atoms with Crippen LogP contribution in [-0.4, -0.2) is 28.2 Å². The van der Waals surface area contributed by atoms with Gasteiger partial charge in [-0.3, -0.25) is 24.6 Å². The van der Waals surface area contributed by atoms with Crippen LogP contribution in [0.5, 0.6) is 0 Å². The topological polar surface area (TPSA) is 92.6 Å². The van der Waals surface area contributed by atoms with E-state index in [-0.39, 0.29) is 23.5 Å². The summed E-state index contributed by atoms with van der Waals surface area (Å²) >= 11 is 3.36. The largest absolute Gasteiger partial charge is 0.350 e. The summed E-state index contributed by atoms with van der Waals surface area (Å²) in [7, 11) is 0. The standard InChI is InChI=1S/C18H14BrN3O4/c1-2-21-17(23)15(11-6-8-14(9-7-11)22(25)26)16(18(21)24)20-13-5-3-4-12(19)10-13/h3-10,20H,2H2,1H3. The van der Waals surface area contributed by atoms with E-state index in [1.165, 1.54) is 24.3 Å². The summed E-state index contributed by atoms with van der Waals surface area (Å²) in [6.07, 6.45) is 0. The van der Waals surface area contributed by atoms with E-state index in [1.54, 1.807) is 25.1 Å². The lowest BCUT2D eigenvalue weighted by atomic mass is 10.0. The summed E-state index contributed by atoms with van der Waals surface area (Å²) in [6.45, 7) is 1.95. The number of nitrogens with one attached hydrogen (secondary N) is 1. The first-order chi connectivity index (χ1) is 12.4. The second-order valence-electron chi connectivity index (χ2n) is 5.54. The number of nitrogens with zero attached hydrogens (tertiary/aromatic N) is 2. The molecule has 0 saturated carbocycles. The van der Waals surface area contributed by atoms with Crippen LogP contribution in [0, 0.1) is 10.1 Å². The summed E-state index contributed by atoms with van der Waals surface area (Å²) in [6, 6.07) is 12.8. The zero-order valence-corrected chi connectivity index (χ0v) is 15.3. The Labute approximate surface area is 157 Å². The molecule has 3 rings (SSSR count). The van der Waals surface area contributed by atoms with Crippen LogP contribution in [0.25, 0.3) is 5.57 Å². The smallest absolute Gasteiger partial charge is 0.278 e. The van der Waals surface area contributed by atoms with Crippen molar-refractivity contribution in [3.05, 3.63) is 74.4 Å². The third-order valence-corrected chi connectivity index (χ3v) is 4.44. The highest BCUT2D eigenvalue weighted by molar-refractivity contribution is 9.10. The zero-order chi connectivity index (χ0) is 18.8. The lowest BCUT2D eigenvalue weighted by molar-refractivity contribution is -0.384. The number of benzene rings is 2. The third-order valence-electron chi connectivity index (χ3n) is 3.95. The van der Waals surface area contributed by atoms with Crippen molar-refractivity contribution in [3.8, 4) is 0 Å². The van der Waals surface area contributed by atoms with Gasteiger partial charge in [0, 0.05) is 28.8 Å². The van der Waals surface area contributed by atoms with Gasteiger partial charge in [-0.15, -0.1) is 0 Å². The minimum atomic E-state index is -0.515. The number of carbonyl (C=O) groups is 2. The molecule has 0 spiro atoms. The van der Waals surface area contributed by atoms with Crippen molar-refractivity contribution in [2.24, 2.45) is 0 Å². The van der Waals surface area contributed by atoms with Crippen molar-refractivity contribution in [3.63, 3.8) is 0 Å². The van der Waals surface area contributed by atoms with E-state index in [1.807, 2.05) is 6.07 Å². The second-order valence-corrected chi connectivity index (χ2v) is 6.46. The molecular formula is C18H14BrN3O4. The van der Waals surface area contributed by atoms with Crippen LogP contribution < -0.4 is 5.32 Å². The molecule has 2 aromatic carbocycles. The fraction of sp³-hybridized carbons (Fsp3) is 0.111. The number of halogens is 1. The first-order valence-electron chi connectivity index (χ1n) is 7.80. The van der Waals surface area contributed by atoms with Crippen molar-refractivity contribution in [1.82, 2.24) is 4.90 Å². The molecule has 132 valence electrons. The predicted molar refractivity (Wildman–Crippen MR) is 100 cm³/mol. The van der Waals surface area contributed by atoms with E-state index in [2.05, 4.69) is 21.2 Å². The highest BCUT2D eigenvalue weighted by Gasteiger charge is 2.38. The van der Waals surface area contributed by atoms with Crippen LogP contribution >= 0.6 is 15.9 Å². The van der Waals surface area contributed by atoms with Crippen LogP contribution in [0.15, 0.2) is 58.7 Å². The molecule has 0 saturated heterocycles. The molecule has 0 atom stereocenters. The molecule has 0 radical (unpaired) electrons. The molecule has 0 aromatic heterocycles. The normalized spacial score (nSPS) is 14.2. The maximum absolute atomic E-state index is 12.7. The fourth-order valence-electron chi connectivity index (χ4n) is 2.71.